The van der Waals surface area contributed by atoms with Gasteiger partial charge < -0.3 is 15.1 Å². The van der Waals surface area contributed by atoms with Gasteiger partial charge in [0, 0.05) is 23.3 Å². The third-order valence-electron chi connectivity index (χ3n) is 4.31. The highest BCUT2D eigenvalue weighted by atomic mass is 32.2. The van der Waals surface area contributed by atoms with Gasteiger partial charge in [0.1, 0.15) is 12.3 Å². The normalized spacial score (nSPS) is 22.5. The summed E-state index contributed by atoms with van der Waals surface area (Å²) in [4.78, 5) is 9.01. The van der Waals surface area contributed by atoms with Crippen molar-refractivity contribution in [2.75, 3.05) is 12.8 Å². The average Bonchev–Trinajstić information content (AvgIpc) is 3.02. The molecular formula is C18H32N4OS. The van der Waals surface area contributed by atoms with Gasteiger partial charge in [0.15, 0.2) is 5.96 Å². The minimum Gasteiger partial charge on any atom is -0.443 e. The number of nitrogens with zero attached hydrogens (tertiary/aromatic N) is 2. The van der Waals surface area contributed by atoms with Crippen molar-refractivity contribution in [2.24, 2.45) is 4.99 Å². The maximum atomic E-state index is 5.82. The lowest BCUT2D eigenvalue weighted by atomic mass is 9.94. The summed E-state index contributed by atoms with van der Waals surface area (Å²) in [6, 6.07) is 0.503. The van der Waals surface area contributed by atoms with Crippen molar-refractivity contribution in [1.82, 2.24) is 15.6 Å². The predicted octanol–water partition coefficient (Wildman–Crippen LogP) is 3.70. The number of hydrogen-bond donors (Lipinski definition) is 2. The molecule has 136 valence electrons. The van der Waals surface area contributed by atoms with Crippen molar-refractivity contribution < 1.29 is 4.42 Å². The Hall–Kier alpha value is -1.17. The third kappa shape index (κ3) is 5.72. The number of aromatic nitrogens is 1. The fraction of sp³-hybridized carbons (Fsp3) is 0.778. The predicted molar refractivity (Wildman–Crippen MR) is 103 cm³/mol. The molecule has 0 aliphatic heterocycles. The van der Waals surface area contributed by atoms with Gasteiger partial charge in [-0.1, -0.05) is 27.2 Å². The van der Waals surface area contributed by atoms with Crippen LogP contribution in [-0.4, -0.2) is 35.0 Å². The number of rotatable bonds is 5. The molecule has 1 aliphatic rings. The first-order valence-corrected chi connectivity index (χ1v) is 10.2. The summed E-state index contributed by atoms with van der Waals surface area (Å²) in [5.74, 6) is 2.43. The van der Waals surface area contributed by atoms with Gasteiger partial charge in [-0.25, -0.2) is 9.98 Å². The van der Waals surface area contributed by atoms with Crippen LogP contribution >= 0.6 is 11.8 Å². The van der Waals surface area contributed by atoms with Crippen LogP contribution in [0, 0.1) is 0 Å². The molecule has 2 atom stereocenters. The van der Waals surface area contributed by atoms with E-state index < -0.39 is 0 Å². The second-order valence-electron chi connectivity index (χ2n) is 7.43. The zero-order valence-corrected chi connectivity index (χ0v) is 16.5. The van der Waals surface area contributed by atoms with Crippen LogP contribution in [0.3, 0.4) is 0 Å². The molecule has 1 aromatic heterocycles. The van der Waals surface area contributed by atoms with Crippen molar-refractivity contribution in [1.29, 1.82) is 0 Å². The van der Waals surface area contributed by atoms with E-state index in [4.69, 9.17) is 4.42 Å². The van der Waals surface area contributed by atoms with E-state index in [2.05, 4.69) is 54.6 Å². The van der Waals surface area contributed by atoms with Crippen LogP contribution in [0.25, 0.3) is 0 Å². The van der Waals surface area contributed by atoms with Gasteiger partial charge in [0.25, 0.3) is 0 Å². The van der Waals surface area contributed by atoms with Crippen LogP contribution in [0.4, 0.5) is 0 Å². The standard InChI is InChI=1S/C18H32N4OS/c1-6-19-17(22-13-8-7-9-14(10-13)24-5)21-12-16-20-11-15(23-16)18(2,3)4/h11,13-14H,6-10,12H2,1-5H3,(H2,19,21,22). The Bertz CT molecular complexity index is 535. The van der Waals surface area contributed by atoms with E-state index in [1.54, 1.807) is 0 Å². The molecule has 0 amide bonds. The summed E-state index contributed by atoms with van der Waals surface area (Å²) in [5, 5.41) is 7.68. The Morgan fingerprint density at radius 1 is 1.42 bits per heavy atom. The minimum atomic E-state index is -0.0212. The van der Waals surface area contributed by atoms with Crippen LogP contribution in [-0.2, 0) is 12.0 Å². The van der Waals surface area contributed by atoms with Crippen molar-refractivity contribution in [3.8, 4) is 0 Å². The van der Waals surface area contributed by atoms with Crippen molar-refractivity contribution >= 4 is 17.7 Å². The highest BCUT2D eigenvalue weighted by Gasteiger charge is 2.22. The molecule has 0 radical (unpaired) electrons. The van der Waals surface area contributed by atoms with E-state index in [0.717, 1.165) is 23.5 Å². The van der Waals surface area contributed by atoms with Crippen molar-refractivity contribution in [3.63, 3.8) is 0 Å². The molecule has 24 heavy (non-hydrogen) atoms. The van der Waals surface area contributed by atoms with Gasteiger partial charge in [0.2, 0.25) is 5.89 Å². The van der Waals surface area contributed by atoms with E-state index in [-0.39, 0.29) is 5.41 Å². The Balaban J connectivity index is 1.96. The summed E-state index contributed by atoms with van der Waals surface area (Å²) >= 11 is 1.98. The summed E-state index contributed by atoms with van der Waals surface area (Å²) in [6.07, 6.45) is 9.07. The lowest BCUT2D eigenvalue weighted by molar-refractivity contribution is 0.382. The first-order chi connectivity index (χ1) is 11.4. The second kappa shape index (κ2) is 8.79. The summed E-state index contributed by atoms with van der Waals surface area (Å²) < 4.78 is 5.82. The van der Waals surface area contributed by atoms with Crippen LogP contribution < -0.4 is 10.6 Å². The molecular weight excluding hydrogens is 320 g/mol. The summed E-state index contributed by atoms with van der Waals surface area (Å²) in [5.41, 5.74) is -0.0212. The van der Waals surface area contributed by atoms with Gasteiger partial charge >= 0.3 is 0 Å². The zero-order valence-electron chi connectivity index (χ0n) is 15.7. The largest absolute Gasteiger partial charge is 0.443 e. The Labute approximate surface area is 150 Å². The molecule has 1 heterocycles. The van der Waals surface area contributed by atoms with Gasteiger partial charge in [0.05, 0.1) is 6.20 Å². The first-order valence-electron chi connectivity index (χ1n) is 8.95. The zero-order chi connectivity index (χ0) is 17.6. The second-order valence-corrected chi connectivity index (χ2v) is 8.57. The minimum absolute atomic E-state index is 0.0212. The van der Waals surface area contributed by atoms with Crippen LogP contribution in [0.5, 0.6) is 0 Å². The van der Waals surface area contributed by atoms with E-state index in [0.29, 0.717) is 18.5 Å². The molecule has 0 saturated heterocycles. The molecule has 2 N–H and O–H groups in total. The Morgan fingerprint density at radius 2 is 2.21 bits per heavy atom. The topological polar surface area (TPSA) is 62.5 Å². The monoisotopic (exact) mass is 352 g/mol. The first kappa shape index (κ1) is 19.2. The van der Waals surface area contributed by atoms with Gasteiger partial charge in [-0.3, -0.25) is 0 Å². The summed E-state index contributed by atoms with van der Waals surface area (Å²) in [7, 11) is 0. The molecule has 2 rings (SSSR count). The lowest BCUT2D eigenvalue weighted by Crippen LogP contribution is -2.45. The third-order valence-corrected chi connectivity index (χ3v) is 5.40. The number of guanidine groups is 1. The molecule has 0 spiro atoms. The SMILES string of the molecule is CCNC(=NCc1ncc(C(C)(C)C)o1)NC1CCCC(SC)C1. The number of aliphatic imine (C=N–C) groups is 1. The molecule has 1 aromatic rings. The molecule has 1 aliphatic carbocycles. The van der Waals surface area contributed by atoms with Gasteiger partial charge in [-0.05, 0) is 32.4 Å². The number of hydrogen-bond acceptors (Lipinski definition) is 4. The van der Waals surface area contributed by atoms with Gasteiger partial charge in [-0.15, -0.1) is 0 Å². The van der Waals surface area contributed by atoms with Crippen LogP contribution in [0.1, 0.15) is 65.0 Å². The Morgan fingerprint density at radius 3 is 2.83 bits per heavy atom. The molecule has 2 unspecified atom stereocenters. The van der Waals surface area contributed by atoms with Gasteiger partial charge in [-0.2, -0.15) is 11.8 Å². The quantitative estimate of drug-likeness (QED) is 0.625. The maximum Gasteiger partial charge on any atom is 0.216 e. The fourth-order valence-electron chi connectivity index (χ4n) is 2.88. The molecule has 1 saturated carbocycles. The van der Waals surface area contributed by atoms with Crippen molar-refractivity contribution in [3.05, 3.63) is 17.8 Å². The van der Waals surface area contributed by atoms with Crippen molar-refractivity contribution in [2.45, 2.75) is 76.6 Å². The highest BCUT2D eigenvalue weighted by Crippen LogP contribution is 2.27. The average molecular weight is 353 g/mol. The number of nitrogens with one attached hydrogen (secondary N) is 2. The van der Waals surface area contributed by atoms with E-state index in [9.17, 15) is 0 Å². The highest BCUT2D eigenvalue weighted by molar-refractivity contribution is 7.99. The smallest absolute Gasteiger partial charge is 0.216 e. The fourth-order valence-corrected chi connectivity index (χ4v) is 3.71. The van der Waals surface area contributed by atoms with Crippen LogP contribution in [0.15, 0.2) is 15.6 Å². The lowest BCUT2D eigenvalue weighted by Gasteiger charge is -2.29. The van der Waals surface area contributed by atoms with E-state index in [1.807, 2.05) is 18.0 Å². The van der Waals surface area contributed by atoms with E-state index >= 15 is 0 Å². The maximum absolute atomic E-state index is 5.82. The van der Waals surface area contributed by atoms with Crippen LogP contribution in [0.2, 0.25) is 0 Å². The number of oxazole rings is 1. The summed E-state index contributed by atoms with van der Waals surface area (Å²) in [6.45, 7) is 9.77. The molecule has 1 fully saturated rings. The number of thioether (sulfide) groups is 1. The van der Waals surface area contributed by atoms with E-state index in [1.165, 1.54) is 25.7 Å². The molecule has 0 aromatic carbocycles. The molecule has 6 heteroatoms. The Kier molecular flexibility index (Phi) is 7.02. The molecule has 0 bridgehead atoms. The molecule has 5 nitrogen and oxygen atoms in total.